The third-order valence-electron chi connectivity index (χ3n) is 4.69. The number of amides is 2. The van der Waals surface area contributed by atoms with Crippen molar-refractivity contribution >= 4 is 17.5 Å². The van der Waals surface area contributed by atoms with Crippen LogP contribution in [0.25, 0.3) is 5.82 Å². The molecule has 3 aromatic rings. The molecule has 3 rings (SSSR count). The van der Waals surface area contributed by atoms with Crippen molar-refractivity contribution in [3.8, 4) is 23.1 Å². The van der Waals surface area contributed by atoms with Crippen LogP contribution < -0.4 is 30.2 Å². The molecule has 0 aliphatic rings. The second kappa shape index (κ2) is 10.5. The number of aryl methyl sites for hydroxylation is 3. The molecule has 33 heavy (non-hydrogen) atoms. The molecule has 3 N–H and O–H groups in total. The van der Waals surface area contributed by atoms with Crippen molar-refractivity contribution in [3.63, 3.8) is 0 Å². The highest BCUT2D eigenvalue weighted by Crippen LogP contribution is 2.39. The lowest BCUT2D eigenvalue weighted by Crippen LogP contribution is -2.32. The number of aromatic nitrogens is 4. The zero-order valence-corrected chi connectivity index (χ0v) is 19.6. The van der Waals surface area contributed by atoms with E-state index < -0.39 is 0 Å². The number of nitrogens with one attached hydrogen (secondary N) is 3. The van der Waals surface area contributed by atoms with Gasteiger partial charge in [0.25, 0.3) is 0 Å². The van der Waals surface area contributed by atoms with E-state index in [1.54, 1.807) is 16.8 Å². The van der Waals surface area contributed by atoms with E-state index in [0.29, 0.717) is 53.5 Å². The monoisotopic (exact) mass is 455 g/mol. The average Bonchev–Trinajstić information content (AvgIpc) is 3.13. The number of anilines is 2. The van der Waals surface area contributed by atoms with E-state index in [1.165, 1.54) is 21.3 Å². The molecule has 0 saturated heterocycles. The largest absolute Gasteiger partial charge is 0.493 e. The van der Waals surface area contributed by atoms with Crippen molar-refractivity contribution in [2.75, 3.05) is 45.1 Å². The second-order valence-corrected chi connectivity index (χ2v) is 7.22. The van der Waals surface area contributed by atoms with Gasteiger partial charge in [0.2, 0.25) is 5.75 Å². The van der Waals surface area contributed by atoms with E-state index in [2.05, 4.69) is 31.0 Å². The molecule has 0 saturated carbocycles. The quantitative estimate of drug-likeness (QED) is 0.421. The van der Waals surface area contributed by atoms with Crippen LogP contribution in [0.3, 0.4) is 0 Å². The zero-order chi connectivity index (χ0) is 24.0. The Hall–Kier alpha value is -4.02. The number of hydrogen-bond acceptors (Lipinski definition) is 8. The number of methoxy groups -OCH3 is 3. The molecular formula is C22H29N7O4. The molecule has 2 heterocycles. The summed E-state index contributed by atoms with van der Waals surface area (Å²) in [4.78, 5) is 21.2. The summed E-state index contributed by atoms with van der Waals surface area (Å²) in [5, 5.41) is 13.2. The molecule has 0 unspecified atom stereocenters. The summed E-state index contributed by atoms with van der Waals surface area (Å²) in [6, 6.07) is 6.75. The van der Waals surface area contributed by atoms with Gasteiger partial charge >= 0.3 is 6.03 Å². The highest BCUT2D eigenvalue weighted by atomic mass is 16.5. The maximum Gasteiger partial charge on any atom is 0.319 e. The van der Waals surface area contributed by atoms with Gasteiger partial charge in [0.15, 0.2) is 17.3 Å². The fourth-order valence-electron chi connectivity index (χ4n) is 3.31. The summed E-state index contributed by atoms with van der Waals surface area (Å²) < 4.78 is 17.7. The van der Waals surface area contributed by atoms with Crippen molar-refractivity contribution in [2.24, 2.45) is 0 Å². The molecule has 2 aromatic heterocycles. The summed E-state index contributed by atoms with van der Waals surface area (Å²) in [5.41, 5.74) is 2.41. The van der Waals surface area contributed by atoms with Crippen LogP contribution in [-0.2, 0) is 0 Å². The molecule has 0 aliphatic heterocycles. The van der Waals surface area contributed by atoms with Gasteiger partial charge in [-0.15, -0.1) is 0 Å². The SMILES string of the molecule is COc1cc(NC(=O)NCCNc2cc(-n3nc(C)cc3C)nc(C)n2)cc(OC)c1OC. The van der Waals surface area contributed by atoms with Gasteiger partial charge in [-0.2, -0.15) is 5.10 Å². The van der Waals surface area contributed by atoms with Gasteiger partial charge in [0.1, 0.15) is 11.6 Å². The number of ether oxygens (including phenoxy) is 3. The van der Waals surface area contributed by atoms with Crippen LogP contribution in [0.2, 0.25) is 0 Å². The topological polar surface area (TPSA) is 124 Å². The number of carbonyl (C=O) groups is 1. The fourth-order valence-corrected chi connectivity index (χ4v) is 3.31. The number of carbonyl (C=O) groups excluding carboxylic acids is 1. The summed E-state index contributed by atoms with van der Waals surface area (Å²) in [5.74, 6) is 3.31. The Morgan fingerprint density at radius 2 is 1.64 bits per heavy atom. The first kappa shape index (κ1) is 23.6. The van der Waals surface area contributed by atoms with Crippen LogP contribution in [0.5, 0.6) is 17.2 Å². The molecular weight excluding hydrogens is 426 g/mol. The van der Waals surface area contributed by atoms with E-state index in [1.807, 2.05) is 32.9 Å². The van der Waals surface area contributed by atoms with Gasteiger partial charge in [0, 0.05) is 37.0 Å². The number of hydrogen-bond donors (Lipinski definition) is 3. The van der Waals surface area contributed by atoms with Crippen LogP contribution in [-0.4, -0.2) is 60.2 Å². The van der Waals surface area contributed by atoms with E-state index >= 15 is 0 Å². The predicted octanol–water partition coefficient (Wildman–Crippen LogP) is 2.85. The summed E-state index contributed by atoms with van der Waals surface area (Å²) in [6.45, 7) is 6.57. The molecule has 0 radical (unpaired) electrons. The van der Waals surface area contributed by atoms with Gasteiger partial charge in [-0.25, -0.2) is 19.4 Å². The van der Waals surface area contributed by atoms with Crippen molar-refractivity contribution in [3.05, 3.63) is 41.5 Å². The number of rotatable bonds is 9. The van der Waals surface area contributed by atoms with Crippen LogP contribution in [0.1, 0.15) is 17.2 Å². The Kier molecular flexibility index (Phi) is 7.54. The zero-order valence-electron chi connectivity index (χ0n) is 19.6. The molecule has 1 aromatic carbocycles. The Morgan fingerprint density at radius 1 is 0.939 bits per heavy atom. The molecule has 11 heteroatoms. The Balaban J connectivity index is 1.56. The highest BCUT2D eigenvalue weighted by Gasteiger charge is 2.14. The first-order valence-corrected chi connectivity index (χ1v) is 10.3. The average molecular weight is 456 g/mol. The minimum atomic E-state index is -0.367. The summed E-state index contributed by atoms with van der Waals surface area (Å²) in [7, 11) is 4.55. The normalized spacial score (nSPS) is 10.5. The smallest absolute Gasteiger partial charge is 0.319 e. The van der Waals surface area contributed by atoms with Gasteiger partial charge < -0.3 is 30.2 Å². The van der Waals surface area contributed by atoms with E-state index in [0.717, 1.165) is 11.4 Å². The number of benzene rings is 1. The minimum Gasteiger partial charge on any atom is -0.493 e. The van der Waals surface area contributed by atoms with E-state index in [4.69, 9.17) is 14.2 Å². The summed E-state index contributed by atoms with van der Waals surface area (Å²) >= 11 is 0. The van der Waals surface area contributed by atoms with Crippen LogP contribution in [0.15, 0.2) is 24.3 Å². The Bertz CT molecular complexity index is 1100. The molecule has 2 amide bonds. The first-order valence-electron chi connectivity index (χ1n) is 10.3. The molecule has 0 aliphatic carbocycles. The van der Waals surface area contributed by atoms with E-state index in [9.17, 15) is 4.79 Å². The number of urea groups is 1. The molecule has 0 atom stereocenters. The van der Waals surface area contributed by atoms with Crippen molar-refractivity contribution in [1.29, 1.82) is 0 Å². The van der Waals surface area contributed by atoms with Crippen LogP contribution in [0, 0.1) is 20.8 Å². The minimum absolute atomic E-state index is 0.367. The Labute approximate surface area is 192 Å². The van der Waals surface area contributed by atoms with Crippen LogP contribution >= 0.6 is 0 Å². The first-order chi connectivity index (χ1) is 15.8. The molecule has 11 nitrogen and oxygen atoms in total. The lowest BCUT2D eigenvalue weighted by atomic mass is 10.2. The van der Waals surface area contributed by atoms with Crippen LogP contribution in [0.4, 0.5) is 16.3 Å². The lowest BCUT2D eigenvalue weighted by molar-refractivity contribution is 0.252. The van der Waals surface area contributed by atoms with Crippen molar-refractivity contribution in [1.82, 2.24) is 25.1 Å². The van der Waals surface area contributed by atoms with Crippen molar-refractivity contribution < 1.29 is 19.0 Å². The maximum absolute atomic E-state index is 12.3. The molecule has 0 bridgehead atoms. The lowest BCUT2D eigenvalue weighted by Gasteiger charge is -2.15. The van der Waals surface area contributed by atoms with E-state index in [-0.39, 0.29) is 6.03 Å². The van der Waals surface area contributed by atoms with Gasteiger partial charge in [0.05, 0.1) is 32.7 Å². The Morgan fingerprint density at radius 3 is 2.21 bits per heavy atom. The maximum atomic E-state index is 12.3. The van der Waals surface area contributed by atoms with Gasteiger partial charge in [-0.1, -0.05) is 0 Å². The standard InChI is InChI=1S/C22H29N7O4/c1-13-9-14(2)29(28-13)20-12-19(25-15(3)26-20)23-7-8-24-22(30)27-16-10-17(31-4)21(33-6)18(11-16)32-5/h9-12H,7-8H2,1-6H3,(H,23,25,26)(H2,24,27,30). The third kappa shape index (κ3) is 5.82. The third-order valence-corrected chi connectivity index (χ3v) is 4.69. The molecule has 176 valence electrons. The fraction of sp³-hybridized carbons (Fsp3) is 0.364. The van der Waals surface area contributed by atoms with Crippen molar-refractivity contribution in [2.45, 2.75) is 20.8 Å². The molecule has 0 spiro atoms. The molecule has 0 fully saturated rings. The van der Waals surface area contributed by atoms with Gasteiger partial charge in [-0.05, 0) is 26.8 Å². The second-order valence-electron chi connectivity index (χ2n) is 7.22. The highest BCUT2D eigenvalue weighted by molar-refractivity contribution is 5.90. The predicted molar refractivity (Wildman–Crippen MR) is 125 cm³/mol. The van der Waals surface area contributed by atoms with Gasteiger partial charge in [-0.3, -0.25) is 0 Å². The number of nitrogens with zero attached hydrogens (tertiary/aromatic N) is 4. The summed E-state index contributed by atoms with van der Waals surface area (Å²) in [6.07, 6.45) is 0.